The van der Waals surface area contributed by atoms with Gasteiger partial charge in [0.05, 0.1) is 11.6 Å². The second-order valence-electron chi connectivity index (χ2n) is 5.36. The smallest absolute Gasteiger partial charge is 0.255 e. The van der Waals surface area contributed by atoms with Crippen molar-refractivity contribution in [2.75, 3.05) is 10.6 Å². The lowest BCUT2D eigenvalue weighted by Crippen LogP contribution is -2.12. The van der Waals surface area contributed by atoms with Gasteiger partial charge in [-0.3, -0.25) is 4.79 Å². The number of anilines is 3. The summed E-state index contributed by atoms with van der Waals surface area (Å²) < 4.78 is 0. The molecule has 0 saturated heterocycles. The minimum Gasteiger partial charge on any atom is -0.340 e. The molecule has 0 saturated carbocycles. The number of hydrogen-bond acceptors (Lipinski definition) is 4. The van der Waals surface area contributed by atoms with Crippen molar-refractivity contribution in [2.24, 2.45) is 0 Å². The van der Waals surface area contributed by atoms with E-state index in [1.807, 2.05) is 6.07 Å². The molecule has 1 heterocycles. The van der Waals surface area contributed by atoms with E-state index in [1.54, 1.807) is 54.6 Å². The van der Waals surface area contributed by atoms with Gasteiger partial charge in [0.2, 0.25) is 0 Å². The third-order valence-corrected chi connectivity index (χ3v) is 3.87. The molecule has 1 amide bonds. The molecule has 0 bridgehead atoms. The van der Waals surface area contributed by atoms with Gasteiger partial charge in [0, 0.05) is 33.2 Å². The van der Waals surface area contributed by atoms with Crippen LogP contribution in [-0.4, -0.2) is 10.9 Å². The summed E-state index contributed by atoms with van der Waals surface area (Å²) in [6, 6.07) is 16.9. The molecule has 0 radical (unpaired) electrons. The second kappa shape index (κ2) is 7.87. The summed E-state index contributed by atoms with van der Waals surface area (Å²) in [5.41, 5.74) is 2.22. The summed E-state index contributed by atoms with van der Waals surface area (Å²) in [5, 5.41) is 15.6. The van der Waals surface area contributed by atoms with E-state index in [0.29, 0.717) is 38.4 Å². The summed E-state index contributed by atoms with van der Waals surface area (Å²) in [5.74, 6) is 0.195. The molecule has 7 heteroatoms. The Morgan fingerprint density at radius 2 is 1.65 bits per heavy atom. The third-order valence-electron chi connectivity index (χ3n) is 3.43. The summed E-state index contributed by atoms with van der Waals surface area (Å²) in [7, 11) is 0. The Bertz CT molecular complexity index is 977. The van der Waals surface area contributed by atoms with Crippen molar-refractivity contribution < 1.29 is 4.79 Å². The van der Waals surface area contributed by atoms with Crippen molar-refractivity contribution in [3.05, 3.63) is 82.0 Å². The number of nitrogens with zero attached hydrogens (tertiary/aromatic N) is 2. The average molecular weight is 383 g/mol. The van der Waals surface area contributed by atoms with Gasteiger partial charge in [-0.2, -0.15) is 5.26 Å². The zero-order chi connectivity index (χ0) is 18.5. The number of amides is 1. The van der Waals surface area contributed by atoms with E-state index in [-0.39, 0.29) is 5.91 Å². The van der Waals surface area contributed by atoms with Crippen molar-refractivity contribution in [1.29, 1.82) is 5.26 Å². The minimum absolute atomic E-state index is 0.288. The fraction of sp³-hybridized carbons (Fsp3) is 0. The standard InChI is InChI=1S/C19H12Cl2N4O/c20-14-8-15(21)10-17(9-14)24-18-7-13(5-6-23-18)19(26)25-16-3-1-12(11-22)2-4-16/h1-10H,(H,23,24)(H,25,26). The highest BCUT2D eigenvalue weighted by atomic mass is 35.5. The number of carbonyl (C=O) groups excluding carboxylic acids is 1. The molecule has 1 aromatic heterocycles. The van der Waals surface area contributed by atoms with Crippen LogP contribution in [0.15, 0.2) is 60.8 Å². The quantitative estimate of drug-likeness (QED) is 0.645. The Balaban J connectivity index is 1.75. The number of rotatable bonds is 4. The topological polar surface area (TPSA) is 77.8 Å². The van der Waals surface area contributed by atoms with E-state index in [4.69, 9.17) is 28.5 Å². The van der Waals surface area contributed by atoms with Crippen LogP contribution in [0, 0.1) is 11.3 Å². The highest BCUT2D eigenvalue weighted by Crippen LogP contribution is 2.25. The number of nitrogens with one attached hydrogen (secondary N) is 2. The highest BCUT2D eigenvalue weighted by Gasteiger charge is 2.08. The van der Waals surface area contributed by atoms with Gasteiger partial charge in [-0.15, -0.1) is 0 Å². The molecule has 0 aliphatic heterocycles. The number of halogens is 2. The molecule has 128 valence electrons. The molecule has 2 aromatic carbocycles. The van der Waals surface area contributed by atoms with Crippen LogP contribution in [0.5, 0.6) is 0 Å². The van der Waals surface area contributed by atoms with Gasteiger partial charge in [-0.05, 0) is 54.6 Å². The summed E-state index contributed by atoms with van der Waals surface area (Å²) in [6.45, 7) is 0. The Labute approximate surface area is 160 Å². The summed E-state index contributed by atoms with van der Waals surface area (Å²) in [6.07, 6.45) is 1.53. The lowest BCUT2D eigenvalue weighted by molar-refractivity contribution is 0.102. The van der Waals surface area contributed by atoms with Crippen molar-refractivity contribution in [3.8, 4) is 6.07 Å². The first-order valence-corrected chi connectivity index (χ1v) is 8.30. The van der Waals surface area contributed by atoms with Crippen molar-refractivity contribution in [2.45, 2.75) is 0 Å². The number of benzene rings is 2. The maximum absolute atomic E-state index is 12.4. The van der Waals surface area contributed by atoms with Gasteiger partial charge in [0.1, 0.15) is 5.82 Å². The molecule has 0 fully saturated rings. The molecule has 2 N–H and O–H groups in total. The molecule has 0 unspecified atom stereocenters. The monoisotopic (exact) mass is 382 g/mol. The predicted octanol–water partition coefficient (Wildman–Crippen LogP) is 5.26. The van der Waals surface area contributed by atoms with Gasteiger partial charge < -0.3 is 10.6 Å². The molecular weight excluding hydrogens is 371 g/mol. The molecule has 3 aromatic rings. The number of aromatic nitrogens is 1. The van der Waals surface area contributed by atoms with Crippen LogP contribution in [0.3, 0.4) is 0 Å². The molecular formula is C19H12Cl2N4O. The minimum atomic E-state index is -0.288. The van der Waals surface area contributed by atoms with Crippen LogP contribution < -0.4 is 10.6 Å². The first-order valence-electron chi connectivity index (χ1n) is 7.54. The molecule has 0 atom stereocenters. The normalized spacial score (nSPS) is 10.0. The Kier molecular flexibility index (Phi) is 5.37. The largest absolute Gasteiger partial charge is 0.340 e. The van der Waals surface area contributed by atoms with E-state index < -0.39 is 0 Å². The van der Waals surface area contributed by atoms with Gasteiger partial charge in [0.25, 0.3) is 5.91 Å². The Hall–Kier alpha value is -3.07. The third kappa shape index (κ3) is 4.51. The summed E-state index contributed by atoms with van der Waals surface area (Å²) >= 11 is 12.0. The van der Waals surface area contributed by atoms with E-state index >= 15 is 0 Å². The molecule has 0 spiro atoms. The number of pyridine rings is 1. The number of hydrogen-bond donors (Lipinski definition) is 2. The van der Waals surface area contributed by atoms with Gasteiger partial charge in [0.15, 0.2) is 0 Å². The van der Waals surface area contributed by atoms with Crippen molar-refractivity contribution >= 4 is 46.3 Å². The second-order valence-corrected chi connectivity index (χ2v) is 6.23. The molecule has 26 heavy (non-hydrogen) atoms. The van der Waals surface area contributed by atoms with Crippen LogP contribution in [0.1, 0.15) is 15.9 Å². The first-order chi connectivity index (χ1) is 12.5. The van der Waals surface area contributed by atoms with E-state index in [1.165, 1.54) is 6.20 Å². The van der Waals surface area contributed by atoms with Crippen LogP contribution >= 0.6 is 23.2 Å². The maximum atomic E-state index is 12.4. The molecule has 3 rings (SSSR count). The van der Waals surface area contributed by atoms with Crippen LogP contribution in [0.25, 0.3) is 0 Å². The fourth-order valence-electron chi connectivity index (χ4n) is 2.25. The zero-order valence-electron chi connectivity index (χ0n) is 13.3. The summed E-state index contributed by atoms with van der Waals surface area (Å²) in [4.78, 5) is 16.6. The zero-order valence-corrected chi connectivity index (χ0v) is 14.8. The first kappa shape index (κ1) is 17.7. The average Bonchev–Trinajstić information content (AvgIpc) is 2.61. The van der Waals surface area contributed by atoms with Crippen LogP contribution in [0.2, 0.25) is 10.0 Å². The van der Waals surface area contributed by atoms with Crippen molar-refractivity contribution in [1.82, 2.24) is 4.98 Å². The van der Waals surface area contributed by atoms with E-state index in [0.717, 1.165) is 0 Å². The number of carbonyl (C=O) groups is 1. The number of nitriles is 1. The molecule has 0 aliphatic rings. The lowest BCUT2D eigenvalue weighted by Gasteiger charge is -2.09. The lowest BCUT2D eigenvalue weighted by atomic mass is 10.2. The van der Waals surface area contributed by atoms with Crippen LogP contribution in [0.4, 0.5) is 17.2 Å². The van der Waals surface area contributed by atoms with Crippen molar-refractivity contribution in [3.63, 3.8) is 0 Å². The van der Waals surface area contributed by atoms with Crippen LogP contribution in [-0.2, 0) is 0 Å². The molecule has 5 nitrogen and oxygen atoms in total. The van der Waals surface area contributed by atoms with E-state index in [2.05, 4.69) is 15.6 Å². The SMILES string of the molecule is N#Cc1ccc(NC(=O)c2ccnc(Nc3cc(Cl)cc(Cl)c3)c2)cc1. The highest BCUT2D eigenvalue weighted by molar-refractivity contribution is 6.35. The van der Waals surface area contributed by atoms with Gasteiger partial charge >= 0.3 is 0 Å². The maximum Gasteiger partial charge on any atom is 0.255 e. The van der Waals surface area contributed by atoms with Gasteiger partial charge in [-0.1, -0.05) is 23.2 Å². The Morgan fingerprint density at radius 3 is 2.31 bits per heavy atom. The Morgan fingerprint density at radius 1 is 0.962 bits per heavy atom. The molecule has 0 aliphatic carbocycles. The van der Waals surface area contributed by atoms with Gasteiger partial charge in [-0.25, -0.2) is 4.98 Å². The fourth-order valence-corrected chi connectivity index (χ4v) is 2.77. The predicted molar refractivity (Wildman–Crippen MR) is 103 cm³/mol. The van der Waals surface area contributed by atoms with E-state index in [9.17, 15) is 4.79 Å².